The molecule has 1 heterocycles. The number of hydrogen-bond donors (Lipinski definition) is 1. The number of rotatable bonds is 4. The third-order valence-electron chi connectivity index (χ3n) is 4.28. The lowest BCUT2D eigenvalue weighted by Gasteiger charge is -2.13. The molecule has 2 amide bonds. The molecule has 1 aliphatic rings. The first-order valence-corrected chi connectivity index (χ1v) is 8.34. The number of carbonyl (C=O) groups is 2. The standard InChI is InChI=1S/C20H17F3N2O2/c1-3-25-18(26)16(13-9-7-12(2)8-10-13)17(19(25)27)24-15-6-4-5-14(11-15)20(21,22)23/h4-11,24H,3H2,1-2H3. The first-order chi connectivity index (χ1) is 12.7. The van der Waals surface area contributed by atoms with Gasteiger partial charge in [0.2, 0.25) is 0 Å². The molecule has 4 nitrogen and oxygen atoms in total. The fraction of sp³-hybridized carbons (Fsp3) is 0.200. The second kappa shape index (κ2) is 6.90. The van der Waals surface area contributed by atoms with Crippen LogP contribution in [0.5, 0.6) is 0 Å². The maximum Gasteiger partial charge on any atom is 0.416 e. The van der Waals surface area contributed by atoms with Gasteiger partial charge in [-0.1, -0.05) is 35.9 Å². The predicted octanol–water partition coefficient (Wildman–Crippen LogP) is 4.23. The molecule has 0 saturated heterocycles. The van der Waals surface area contributed by atoms with Crippen molar-refractivity contribution in [2.24, 2.45) is 0 Å². The Morgan fingerprint density at radius 3 is 2.26 bits per heavy atom. The van der Waals surface area contributed by atoms with Crippen LogP contribution in [0.4, 0.5) is 18.9 Å². The summed E-state index contributed by atoms with van der Waals surface area (Å²) in [6.45, 7) is 3.72. The number of amides is 2. The highest BCUT2D eigenvalue weighted by atomic mass is 19.4. The van der Waals surface area contributed by atoms with Crippen molar-refractivity contribution >= 4 is 23.1 Å². The Morgan fingerprint density at radius 2 is 1.67 bits per heavy atom. The third-order valence-corrected chi connectivity index (χ3v) is 4.28. The van der Waals surface area contributed by atoms with Crippen LogP contribution in [-0.4, -0.2) is 23.3 Å². The lowest BCUT2D eigenvalue weighted by Crippen LogP contribution is -2.32. The second-order valence-corrected chi connectivity index (χ2v) is 6.17. The monoisotopic (exact) mass is 374 g/mol. The van der Waals surface area contributed by atoms with E-state index in [0.717, 1.165) is 22.6 Å². The minimum absolute atomic E-state index is 0.0231. The van der Waals surface area contributed by atoms with Crippen molar-refractivity contribution in [3.63, 3.8) is 0 Å². The van der Waals surface area contributed by atoms with E-state index < -0.39 is 23.6 Å². The van der Waals surface area contributed by atoms with Crippen molar-refractivity contribution in [1.29, 1.82) is 0 Å². The number of hydrogen-bond acceptors (Lipinski definition) is 3. The first-order valence-electron chi connectivity index (χ1n) is 8.34. The average molecular weight is 374 g/mol. The third kappa shape index (κ3) is 3.58. The molecule has 7 heteroatoms. The largest absolute Gasteiger partial charge is 0.416 e. The van der Waals surface area contributed by atoms with Crippen LogP contribution in [0.15, 0.2) is 54.2 Å². The number of nitrogens with one attached hydrogen (secondary N) is 1. The first kappa shape index (κ1) is 18.7. The van der Waals surface area contributed by atoms with Crippen LogP contribution in [0.25, 0.3) is 5.57 Å². The normalized spacial score (nSPS) is 14.9. The van der Waals surface area contributed by atoms with Gasteiger partial charge in [0.05, 0.1) is 11.1 Å². The number of alkyl halides is 3. The highest BCUT2D eigenvalue weighted by Gasteiger charge is 2.38. The Morgan fingerprint density at radius 1 is 1.00 bits per heavy atom. The highest BCUT2D eigenvalue weighted by molar-refractivity contribution is 6.36. The van der Waals surface area contributed by atoms with Gasteiger partial charge in [0.1, 0.15) is 5.70 Å². The van der Waals surface area contributed by atoms with Crippen LogP contribution in [0, 0.1) is 6.92 Å². The molecule has 0 unspecified atom stereocenters. The van der Waals surface area contributed by atoms with Gasteiger partial charge >= 0.3 is 6.18 Å². The SMILES string of the molecule is CCN1C(=O)C(Nc2cccc(C(F)(F)F)c2)=C(c2ccc(C)cc2)C1=O. The summed E-state index contributed by atoms with van der Waals surface area (Å²) in [6.07, 6.45) is -4.50. The summed E-state index contributed by atoms with van der Waals surface area (Å²) in [5.41, 5.74) is 0.891. The maximum absolute atomic E-state index is 12.9. The summed E-state index contributed by atoms with van der Waals surface area (Å²) < 4.78 is 38.8. The van der Waals surface area contributed by atoms with Crippen molar-refractivity contribution in [3.8, 4) is 0 Å². The average Bonchev–Trinajstić information content (AvgIpc) is 2.85. The number of imide groups is 1. The van der Waals surface area contributed by atoms with E-state index in [1.54, 1.807) is 31.2 Å². The second-order valence-electron chi connectivity index (χ2n) is 6.17. The summed E-state index contributed by atoms with van der Waals surface area (Å²) >= 11 is 0. The molecule has 140 valence electrons. The molecule has 1 aliphatic heterocycles. The van der Waals surface area contributed by atoms with Gasteiger partial charge in [0, 0.05) is 12.2 Å². The number of carbonyl (C=O) groups excluding carboxylic acids is 2. The zero-order valence-corrected chi connectivity index (χ0v) is 14.7. The molecule has 0 spiro atoms. The number of aryl methyl sites for hydroxylation is 1. The Balaban J connectivity index is 2.07. The van der Waals surface area contributed by atoms with Gasteiger partial charge < -0.3 is 5.32 Å². The molecule has 0 aliphatic carbocycles. The molecule has 0 atom stereocenters. The molecule has 0 fully saturated rings. The minimum Gasteiger partial charge on any atom is -0.350 e. The van der Waals surface area contributed by atoms with Crippen LogP contribution in [-0.2, 0) is 15.8 Å². The quantitative estimate of drug-likeness (QED) is 0.815. The van der Waals surface area contributed by atoms with Gasteiger partial charge in [0.25, 0.3) is 11.8 Å². The lowest BCUT2D eigenvalue weighted by atomic mass is 10.0. The van der Waals surface area contributed by atoms with Gasteiger partial charge in [-0.05, 0) is 37.6 Å². The van der Waals surface area contributed by atoms with Crippen LogP contribution in [0.3, 0.4) is 0 Å². The Hall–Kier alpha value is -3.09. The highest BCUT2D eigenvalue weighted by Crippen LogP contribution is 2.33. The zero-order valence-electron chi connectivity index (χ0n) is 14.7. The molecule has 0 bridgehead atoms. The Labute approximate surface area is 154 Å². The van der Waals surface area contributed by atoms with E-state index in [1.807, 2.05) is 6.92 Å². The topological polar surface area (TPSA) is 49.4 Å². The van der Waals surface area contributed by atoms with E-state index in [0.29, 0.717) is 5.56 Å². The minimum atomic E-state index is -4.50. The van der Waals surface area contributed by atoms with E-state index in [4.69, 9.17) is 0 Å². The van der Waals surface area contributed by atoms with E-state index in [1.165, 1.54) is 12.1 Å². The fourth-order valence-corrected chi connectivity index (χ4v) is 2.88. The Kier molecular flexibility index (Phi) is 4.78. The predicted molar refractivity (Wildman–Crippen MR) is 95.6 cm³/mol. The molecule has 0 aromatic heterocycles. The molecule has 1 N–H and O–H groups in total. The fourth-order valence-electron chi connectivity index (χ4n) is 2.88. The zero-order chi connectivity index (χ0) is 19.8. The maximum atomic E-state index is 12.9. The van der Waals surface area contributed by atoms with Crippen molar-refractivity contribution in [1.82, 2.24) is 4.90 Å². The summed E-state index contributed by atoms with van der Waals surface area (Å²) in [7, 11) is 0. The molecule has 2 aromatic rings. The summed E-state index contributed by atoms with van der Waals surface area (Å²) in [5, 5.41) is 2.73. The molecule has 2 aromatic carbocycles. The Bertz CT molecular complexity index is 931. The number of likely N-dealkylation sites (N-methyl/N-ethyl adjacent to an activating group) is 1. The number of halogens is 3. The molecular formula is C20H17F3N2O2. The van der Waals surface area contributed by atoms with Crippen molar-refractivity contribution in [2.45, 2.75) is 20.0 Å². The molecular weight excluding hydrogens is 357 g/mol. The number of benzene rings is 2. The van der Waals surface area contributed by atoms with Crippen molar-refractivity contribution < 1.29 is 22.8 Å². The number of anilines is 1. The van der Waals surface area contributed by atoms with Gasteiger partial charge in [0.15, 0.2) is 0 Å². The van der Waals surface area contributed by atoms with Gasteiger partial charge in [-0.2, -0.15) is 13.2 Å². The van der Waals surface area contributed by atoms with Gasteiger partial charge in [-0.3, -0.25) is 14.5 Å². The van der Waals surface area contributed by atoms with Crippen molar-refractivity contribution in [2.75, 3.05) is 11.9 Å². The summed E-state index contributed by atoms with van der Waals surface area (Å²) in [5.74, 6) is -1.03. The van der Waals surface area contributed by atoms with Crippen LogP contribution < -0.4 is 5.32 Å². The molecule has 0 radical (unpaired) electrons. The van der Waals surface area contributed by atoms with Crippen LogP contribution in [0.2, 0.25) is 0 Å². The smallest absolute Gasteiger partial charge is 0.350 e. The van der Waals surface area contributed by atoms with Crippen LogP contribution >= 0.6 is 0 Å². The van der Waals surface area contributed by atoms with E-state index >= 15 is 0 Å². The molecule has 0 saturated carbocycles. The van der Waals surface area contributed by atoms with Gasteiger partial charge in [-0.15, -0.1) is 0 Å². The van der Waals surface area contributed by atoms with Crippen molar-refractivity contribution in [3.05, 3.63) is 70.9 Å². The number of nitrogens with zero attached hydrogens (tertiary/aromatic N) is 1. The lowest BCUT2D eigenvalue weighted by molar-refractivity contribution is -0.138. The van der Waals surface area contributed by atoms with E-state index in [-0.39, 0.29) is 23.5 Å². The van der Waals surface area contributed by atoms with E-state index in [2.05, 4.69) is 5.32 Å². The molecule has 3 rings (SSSR count). The van der Waals surface area contributed by atoms with Crippen LogP contribution in [0.1, 0.15) is 23.6 Å². The van der Waals surface area contributed by atoms with Gasteiger partial charge in [-0.25, -0.2) is 0 Å². The van der Waals surface area contributed by atoms with E-state index in [9.17, 15) is 22.8 Å². The molecule has 27 heavy (non-hydrogen) atoms. The summed E-state index contributed by atoms with van der Waals surface area (Å²) in [6, 6.07) is 11.5. The summed E-state index contributed by atoms with van der Waals surface area (Å²) in [4.78, 5) is 26.4.